The van der Waals surface area contributed by atoms with Crippen molar-refractivity contribution in [2.24, 2.45) is 0 Å². The second-order valence-corrected chi connectivity index (χ2v) is 4.58. The lowest BCUT2D eigenvalue weighted by Gasteiger charge is -2.19. The zero-order valence-corrected chi connectivity index (χ0v) is 11.7. The molecular formula is C14H19N5O. The highest BCUT2D eigenvalue weighted by molar-refractivity contribution is 5.88. The smallest absolute Gasteiger partial charge is 0.221 e. The summed E-state index contributed by atoms with van der Waals surface area (Å²) in [6.07, 6.45) is 5.32. The van der Waals surface area contributed by atoms with E-state index < -0.39 is 0 Å². The van der Waals surface area contributed by atoms with E-state index in [9.17, 15) is 4.79 Å². The summed E-state index contributed by atoms with van der Waals surface area (Å²) in [5.74, 6) is -0.0721. The highest BCUT2D eigenvalue weighted by Crippen LogP contribution is 2.19. The molecule has 1 heterocycles. The molecule has 1 atom stereocenters. The lowest BCUT2D eigenvalue weighted by atomic mass is 10.2. The van der Waals surface area contributed by atoms with Gasteiger partial charge in [0.15, 0.2) is 0 Å². The van der Waals surface area contributed by atoms with Crippen LogP contribution in [0, 0.1) is 0 Å². The van der Waals surface area contributed by atoms with Crippen molar-refractivity contribution in [2.75, 3.05) is 10.6 Å². The van der Waals surface area contributed by atoms with E-state index >= 15 is 0 Å². The summed E-state index contributed by atoms with van der Waals surface area (Å²) >= 11 is 0. The van der Waals surface area contributed by atoms with Crippen LogP contribution in [0.1, 0.15) is 32.9 Å². The van der Waals surface area contributed by atoms with Crippen LogP contribution in [0.4, 0.5) is 11.4 Å². The average Bonchev–Trinajstić information content (AvgIpc) is 2.94. The van der Waals surface area contributed by atoms with Crippen LogP contribution < -0.4 is 10.6 Å². The third kappa shape index (κ3) is 3.81. The maximum atomic E-state index is 11.0. The van der Waals surface area contributed by atoms with Crippen molar-refractivity contribution < 1.29 is 4.79 Å². The normalized spacial score (nSPS) is 11.9. The van der Waals surface area contributed by atoms with Gasteiger partial charge in [-0.05, 0) is 30.7 Å². The molecule has 6 nitrogen and oxygen atoms in total. The summed E-state index contributed by atoms with van der Waals surface area (Å²) in [5, 5.41) is 10.3. The van der Waals surface area contributed by atoms with E-state index in [4.69, 9.17) is 0 Å². The number of carbonyl (C=O) groups is 1. The SMILES string of the molecule is CCCC(Nc1ccc(NC(C)=O)cc1)n1cncn1. The molecule has 1 unspecified atom stereocenters. The van der Waals surface area contributed by atoms with E-state index in [1.165, 1.54) is 13.3 Å². The summed E-state index contributed by atoms with van der Waals surface area (Å²) in [7, 11) is 0. The molecule has 0 aliphatic carbocycles. The van der Waals surface area contributed by atoms with Crippen LogP contribution in [0.2, 0.25) is 0 Å². The van der Waals surface area contributed by atoms with Crippen LogP contribution in [0.25, 0.3) is 0 Å². The fraction of sp³-hybridized carbons (Fsp3) is 0.357. The second-order valence-electron chi connectivity index (χ2n) is 4.58. The molecular weight excluding hydrogens is 254 g/mol. The first kappa shape index (κ1) is 14.0. The number of nitrogens with one attached hydrogen (secondary N) is 2. The summed E-state index contributed by atoms with van der Waals surface area (Å²) in [6.45, 7) is 3.62. The Bertz CT molecular complexity index is 535. The number of amides is 1. The van der Waals surface area contributed by atoms with Gasteiger partial charge in [0.1, 0.15) is 18.8 Å². The summed E-state index contributed by atoms with van der Waals surface area (Å²) < 4.78 is 1.81. The molecule has 1 amide bonds. The minimum atomic E-state index is -0.0721. The van der Waals surface area contributed by atoms with E-state index in [0.717, 1.165) is 24.2 Å². The molecule has 0 aliphatic heterocycles. The minimum absolute atomic E-state index is 0.0721. The predicted molar refractivity (Wildman–Crippen MR) is 78.3 cm³/mol. The van der Waals surface area contributed by atoms with Gasteiger partial charge in [0.05, 0.1) is 0 Å². The molecule has 0 saturated carbocycles. The van der Waals surface area contributed by atoms with E-state index in [1.807, 2.05) is 28.9 Å². The molecule has 2 aromatic rings. The number of aromatic nitrogens is 3. The van der Waals surface area contributed by atoms with Gasteiger partial charge in [-0.1, -0.05) is 13.3 Å². The first-order chi connectivity index (χ1) is 9.69. The summed E-state index contributed by atoms with van der Waals surface area (Å²) in [5.41, 5.74) is 1.77. The molecule has 0 aliphatic rings. The van der Waals surface area contributed by atoms with Gasteiger partial charge in [-0.3, -0.25) is 4.79 Å². The highest BCUT2D eigenvalue weighted by Gasteiger charge is 2.10. The number of nitrogens with zero attached hydrogens (tertiary/aromatic N) is 3. The molecule has 0 fully saturated rings. The molecule has 2 rings (SSSR count). The van der Waals surface area contributed by atoms with Gasteiger partial charge in [-0.25, -0.2) is 9.67 Å². The zero-order valence-electron chi connectivity index (χ0n) is 11.7. The molecule has 20 heavy (non-hydrogen) atoms. The Morgan fingerprint density at radius 3 is 2.55 bits per heavy atom. The number of hydrogen-bond donors (Lipinski definition) is 2. The topological polar surface area (TPSA) is 71.8 Å². The van der Waals surface area contributed by atoms with Gasteiger partial charge < -0.3 is 10.6 Å². The standard InChI is InChI=1S/C14H19N5O/c1-3-4-14(19-10-15-9-16-19)18-13-7-5-12(6-8-13)17-11(2)20/h5-10,14,18H,3-4H2,1-2H3,(H,17,20). The summed E-state index contributed by atoms with van der Waals surface area (Å²) in [6, 6.07) is 7.61. The van der Waals surface area contributed by atoms with Crippen molar-refractivity contribution in [2.45, 2.75) is 32.9 Å². The highest BCUT2D eigenvalue weighted by atomic mass is 16.1. The maximum absolute atomic E-state index is 11.0. The third-order valence-electron chi connectivity index (χ3n) is 2.86. The Kier molecular flexibility index (Phi) is 4.70. The van der Waals surface area contributed by atoms with E-state index in [1.54, 1.807) is 6.33 Å². The van der Waals surface area contributed by atoms with Crippen LogP contribution >= 0.6 is 0 Å². The van der Waals surface area contributed by atoms with Crippen molar-refractivity contribution in [1.29, 1.82) is 0 Å². The van der Waals surface area contributed by atoms with E-state index in [0.29, 0.717) is 0 Å². The monoisotopic (exact) mass is 273 g/mol. The molecule has 106 valence electrons. The summed E-state index contributed by atoms with van der Waals surface area (Å²) in [4.78, 5) is 14.9. The van der Waals surface area contributed by atoms with Gasteiger partial charge in [-0.2, -0.15) is 5.10 Å². The lowest BCUT2D eigenvalue weighted by molar-refractivity contribution is -0.114. The van der Waals surface area contributed by atoms with Gasteiger partial charge in [-0.15, -0.1) is 0 Å². The van der Waals surface area contributed by atoms with Crippen LogP contribution in [0.15, 0.2) is 36.9 Å². The average molecular weight is 273 g/mol. The molecule has 6 heteroatoms. The van der Waals surface area contributed by atoms with Crippen LogP contribution in [-0.4, -0.2) is 20.7 Å². The molecule has 2 N–H and O–H groups in total. The quantitative estimate of drug-likeness (QED) is 0.848. The van der Waals surface area contributed by atoms with Crippen LogP contribution in [-0.2, 0) is 4.79 Å². The number of rotatable bonds is 6. The maximum Gasteiger partial charge on any atom is 0.221 e. The van der Waals surface area contributed by atoms with Crippen molar-refractivity contribution >= 4 is 17.3 Å². The molecule has 0 spiro atoms. The number of benzene rings is 1. The molecule has 0 radical (unpaired) electrons. The van der Waals surface area contributed by atoms with Crippen molar-refractivity contribution in [3.05, 3.63) is 36.9 Å². The van der Waals surface area contributed by atoms with E-state index in [-0.39, 0.29) is 12.1 Å². The van der Waals surface area contributed by atoms with E-state index in [2.05, 4.69) is 27.6 Å². The first-order valence-corrected chi connectivity index (χ1v) is 6.67. The van der Waals surface area contributed by atoms with Crippen LogP contribution in [0.5, 0.6) is 0 Å². The molecule has 0 saturated heterocycles. The number of anilines is 2. The number of carbonyl (C=O) groups excluding carboxylic acids is 1. The third-order valence-corrected chi connectivity index (χ3v) is 2.86. The Labute approximate surface area is 118 Å². The van der Waals surface area contributed by atoms with Crippen molar-refractivity contribution in [3.63, 3.8) is 0 Å². The van der Waals surface area contributed by atoms with Crippen molar-refractivity contribution in [3.8, 4) is 0 Å². The lowest BCUT2D eigenvalue weighted by Crippen LogP contribution is -2.18. The Balaban J connectivity index is 2.05. The van der Waals surface area contributed by atoms with Crippen LogP contribution in [0.3, 0.4) is 0 Å². The number of hydrogen-bond acceptors (Lipinski definition) is 4. The zero-order chi connectivity index (χ0) is 14.4. The molecule has 1 aromatic heterocycles. The molecule has 1 aromatic carbocycles. The second kappa shape index (κ2) is 6.70. The van der Waals surface area contributed by atoms with Gasteiger partial charge in [0.2, 0.25) is 5.91 Å². The Hall–Kier alpha value is -2.37. The van der Waals surface area contributed by atoms with Gasteiger partial charge in [0.25, 0.3) is 0 Å². The van der Waals surface area contributed by atoms with Gasteiger partial charge >= 0.3 is 0 Å². The largest absolute Gasteiger partial charge is 0.364 e. The predicted octanol–water partition coefficient (Wildman–Crippen LogP) is 2.65. The fourth-order valence-corrected chi connectivity index (χ4v) is 1.97. The van der Waals surface area contributed by atoms with Crippen molar-refractivity contribution in [1.82, 2.24) is 14.8 Å². The minimum Gasteiger partial charge on any atom is -0.364 e. The Morgan fingerprint density at radius 1 is 1.30 bits per heavy atom. The van der Waals surface area contributed by atoms with Gasteiger partial charge in [0, 0.05) is 18.3 Å². The first-order valence-electron chi connectivity index (χ1n) is 6.67. The fourth-order valence-electron chi connectivity index (χ4n) is 1.97. The Morgan fingerprint density at radius 2 is 2.00 bits per heavy atom. The molecule has 0 bridgehead atoms.